The number of para-hydroxylation sites is 1. The molecule has 3 rings (SSSR count). The summed E-state index contributed by atoms with van der Waals surface area (Å²) in [6.45, 7) is 1.99. The van der Waals surface area contributed by atoms with Crippen LogP contribution in [0.25, 0.3) is 11.0 Å². The maximum atomic E-state index is 12.9. The van der Waals surface area contributed by atoms with Crippen molar-refractivity contribution in [1.82, 2.24) is 19.9 Å². The van der Waals surface area contributed by atoms with Gasteiger partial charge in [-0.1, -0.05) is 23.4 Å². The molecule has 6 heteroatoms. The minimum atomic E-state index is -0.117. The Morgan fingerprint density at radius 3 is 2.75 bits per heavy atom. The predicted octanol–water partition coefficient (Wildman–Crippen LogP) is 2.81. The Kier molecular flexibility index (Phi) is 4.20. The molecule has 0 aliphatic carbocycles. The SMILES string of the molecule is COc1ccccc1[C@H](C)N(C)C(=O)c1ccc2nnn(C)c2c1. The van der Waals surface area contributed by atoms with Gasteiger partial charge in [0, 0.05) is 25.2 Å². The molecule has 0 saturated carbocycles. The number of carbonyl (C=O) groups excluding carboxylic acids is 1. The molecule has 6 nitrogen and oxygen atoms in total. The highest BCUT2D eigenvalue weighted by Crippen LogP contribution is 2.29. The topological polar surface area (TPSA) is 60.2 Å². The molecule has 0 aliphatic rings. The molecule has 0 aliphatic heterocycles. The zero-order chi connectivity index (χ0) is 17.3. The van der Waals surface area contributed by atoms with Gasteiger partial charge in [0.1, 0.15) is 11.3 Å². The number of carbonyl (C=O) groups is 1. The lowest BCUT2D eigenvalue weighted by molar-refractivity contribution is 0.0741. The number of aryl methyl sites for hydroxylation is 1. The van der Waals surface area contributed by atoms with E-state index >= 15 is 0 Å². The van der Waals surface area contributed by atoms with Crippen molar-refractivity contribution >= 4 is 16.9 Å². The zero-order valence-corrected chi connectivity index (χ0v) is 14.2. The number of nitrogens with zero attached hydrogens (tertiary/aromatic N) is 4. The number of hydrogen-bond acceptors (Lipinski definition) is 4. The molecule has 2 aromatic carbocycles. The maximum Gasteiger partial charge on any atom is 0.254 e. The van der Waals surface area contributed by atoms with Crippen molar-refractivity contribution in [2.45, 2.75) is 13.0 Å². The number of ether oxygens (including phenoxy) is 1. The third-order valence-electron chi connectivity index (χ3n) is 4.35. The number of hydrogen-bond donors (Lipinski definition) is 0. The normalized spacial score (nSPS) is 12.2. The van der Waals surface area contributed by atoms with Crippen LogP contribution in [0, 0.1) is 0 Å². The zero-order valence-electron chi connectivity index (χ0n) is 14.2. The monoisotopic (exact) mass is 324 g/mol. The summed E-state index contributed by atoms with van der Waals surface area (Å²) in [5.74, 6) is 0.715. The molecule has 1 atom stereocenters. The molecule has 1 heterocycles. The van der Waals surface area contributed by atoms with Crippen LogP contribution < -0.4 is 4.74 Å². The van der Waals surface area contributed by atoms with Gasteiger partial charge in [-0.2, -0.15) is 0 Å². The van der Waals surface area contributed by atoms with E-state index in [0.29, 0.717) is 5.56 Å². The van der Waals surface area contributed by atoms with Crippen LogP contribution >= 0.6 is 0 Å². The van der Waals surface area contributed by atoms with Gasteiger partial charge < -0.3 is 9.64 Å². The Morgan fingerprint density at radius 2 is 2.00 bits per heavy atom. The minimum absolute atomic E-state index is 0.0588. The first-order chi connectivity index (χ1) is 11.5. The van der Waals surface area contributed by atoms with Gasteiger partial charge in [0.05, 0.1) is 18.7 Å². The average molecular weight is 324 g/mol. The van der Waals surface area contributed by atoms with E-state index in [1.165, 1.54) is 0 Å². The van der Waals surface area contributed by atoms with Crippen LogP contribution in [-0.4, -0.2) is 40.0 Å². The lowest BCUT2D eigenvalue weighted by atomic mass is 10.0. The molecule has 0 spiro atoms. The van der Waals surface area contributed by atoms with E-state index in [1.54, 1.807) is 29.8 Å². The van der Waals surface area contributed by atoms with Crippen LogP contribution in [0.5, 0.6) is 5.75 Å². The smallest absolute Gasteiger partial charge is 0.254 e. The number of benzene rings is 2. The summed E-state index contributed by atoms with van der Waals surface area (Å²) >= 11 is 0. The summed E-state index contributed by atoms with van der Waals surface area (Å²) in [4.78, 5) is 14.6. The van der Waals surface area contributed by atoms with Gasteiger partial charge in [0.25, 0.3) is 5.91 Å². The van der Waals surface area contributed by atoms with Crippen molar-refractivity contribution < 1.29 is 9.53 Å². The molecule has 0 N–H and O–H groups in total. The van der Waals surface area contributed by atoms with Crippen molar-refractivity contribution in [2.75, 3.05) is 14.2 Å². The second-order valence-electron chi connectivity index (χ2n) is 5.75. The number of fused-ring (bicyclic) bond motifs is 1. The predicted molar refractivity (Wildman–Crippen MR) is 92.0 cm³/mol. The third-order valence-corrected chi connectivity index (χ3v) is 4.35. The van der Waals surface area contributed by atoms with E-state index in [2.05, 4.69) is 10.3 Å². The van der Waals surface area contributed by atoms with Crippen LogP contribution in [0.3, 0.4) is 0 Å². The largest absolute Gasteiger partial charge is 0.496 e. The van der Waals surface area contributed by atoms with Crippen molar-refractivity contribution in [2.24, 2.45) is 7.05 Å². The first-order valence-corrected chi connectivity index (χ1v) is 7.72. The fraction of sp³-hybridized carbons (Fsp3) is 0.278. The summed E-state index contributed by atoms with van der Waals surface area (Å²) in [6, 6.07) is 13.0. The fourth-order valence-electron chi connectivity index (χ4n) is 2.76. The Morgan fingerprint density at radius 1 is 1.25 bits per heavy atom. The number of amides is 1. The molecule has 0 radical (unpaired) electrons. The Balaban J connectivity index is 1.91. The van der Waals surface area contributed by atoms with Gasteiger partial charge in [-0.3, -0.25) is 4.79 Å². The summed E-state index contributed by atoms with van der Waals surface area (Å²) in [6.07, 6.45) is 0. The molecular formula is C18H20N4O2. The van der Waals surface area contributed by atoms with E-state index in [4.69, 9.17) is 4.74 Å². The standard InChI is InChI=1S/C18H20N4O2/c1-12(14-7-5-6-8-17(14)24-4)21(2)18(23)13-9-10-15-16(11-13)22(3)20-19-15/h5-12H,1-4H3/t12-/m0/s1. The van der Waals surface area contributed by atoms with E-state index in [9.17, 15) is 4.79 Å². The third kappa shape index (κ3) is 2.71. The van der Waals surface area contributed by atoms with Gasteiger partial charge in [-0.25, -0.2) is 4.68 Å². The second kappa shape index (κ2) is 6.31. The number of methoxy groups -OCH3 is 1. The first kappa shape index (κ1) is 16.0. The lowest BCUT2D eigenvalue weighted by Gasteiger charge is -2.26. The molecule has 3 aromatic rings. The minimum Gasteiger partial charge on any atom is -0.496 e. The van der Waals surface area contributed by atoms with E-state index < -0.39 is 0 Å². The summed E-state index contributed by atoms with van der Waals surface area (Å²) in [5, 5.41) is 8.01. The van der Waals surface area contributed by atoms with Crippen molar-refractivity contribution in [3.8, 4) is 5.75 Å². The molecule has 24 heavy (non-hydrogen) atoms. The first-order valence-electron chi connectivity index (χ1n) is 7.72. The molecule has 1 amide bonds. The number of rotatable bonds is 4. The summed E-state index contributed by atoms with van der Waals surface area (Å²) in [5.41, 5.74) is 3.19. The number of aromatic nitrogens is 3. The van der Waals surface area contributed by atoms with Crippen molar-refractivity contribution in [1.29, 1.82) is 0 Å². The quantitative estimate of drug-likeness (QED) is 0.740. The highest BCUT2D eigenvalue weighted by Gasteiger charge is 2.22. The van der Waals surface area contributed by atoms with E-state index in [1.807, 2.05) is 50.4 Å². The van der Waals surface area contributed by atoms with Gasteiger partial charge in [0.15, 0.2) is 0 Å². The Labute approximate surface area is 140 Å². The highest BCUT2D eigenvalue weighted by atomic mass is 16.5. The van der Waals surface area contributed by atoms with Crippen LogP contribution in [0.1, 0.15) is 28.9 Å². The van der Waals surface area contributed by atoms with Crippen LogP contribution in [0.15, 0.2) is 42.5 Å². The van der Waals surface area contributed by atoms with Gasteiger partial charge >= 0.3 is 0 Å². The van der Waals surface area contributed by atoms with Crippen LogP contribution in [0.4, 0.5) is 0 Å². The molecule has 1 aromatic heterocycles. The summed E-state index contributed by atoms with van der Waals surface area (Å²) < 4.78 is 7.07. The Hall–Kier alpha value is -2.89. The molecule has 0 fully saturated rings. The van der Waals surface area contributed by atoms with Crippen molar-refractivity contribution in [3.05, 3.63) is 53.6 Å². The summed E-state index contributed by atoms with van der Waals surface area (Å²) in [7, 11) is 5.24. The fourth-order valence-corrected chi connectivity index (χ4v) is 2.76. The maximum absolute atomic E-state index is 12.9. The average Bonchev–Trinajstić information content (AvgIpc) is 3.00. The van der Waals surface area contributed by atoms with Gasteiger partial charge in [-0.15, -0.1) is 5.10 Å². The Bertz CT molecular complexity index is 888. The van der Waals surface area contributed by atoms with E-state index in [0.717, 1.165) is 22.3 Å². The highest BCUT2D eigenvalue weighted by molar-refractivity contribution is 5.97. The van der Waals surface area contributed by atoms with E-state index in [-0.39, 0.29) is 11.9 Å². The molecule has 0 unspecified atom stereocenters. The molecule has 0 bridgehead atoms. The lowest BCUT2D eigenvalue weighted by Crippen LogP contribution is -2.29. The van der Waals surface area contributed by atoms with Crippen LogP contribution in [-0.2, 0) is 7.05 Å². The molecular weight excluding hydrogens is 304 g/mol. The molecule has 0 saturated heterocycles. The van der Waals surface area contributed by atoms with Crippen molar-refractivity contribution in [3.63, 3.8) is 0 Å². The molecule has 124 valence electrons. The second-order valence-corrected chi connectivity index (χ2v) is 5.75. The van der Waals surface area contributed by atoms with Gasteiger partial charge in [-0.05, 0) is 31.2 Å². The van der Waals surface area contributed by atoms with Gasteiger partial charge in [0.2, 0.25) is 0 Å². The van der Waals surface area contributed by atoms with Crippen LogP contribution in [0.2, 0.25) is 0 Å².